The number of nitrogens with zero attached hydrogens (tertiary/aromatic N) is 1. The van der Waals surface area contributed by atoms with Crippen LogP contribution < -0.4 is 11.1 Å². The lowest BCUT2D eigenvalue weighted by atomic mass is 10.3. The summed E-state index contributed by atoms with van der Waals surface area (Å²) in [6, 6.07) is 10.2. The fourth-order valence-corrected chi connectivity index (χ4v) is 1.21. The summed E-state index contributed by atoms with van der Waals surface area (Å²) in [5.74, 6) is 0.232. The second-order valence-electron chi connectivity index (χ2n) is 3.11. The number of hydrogen-bond donors (Lipinski definition) is 2. The Labute approximate surface area is 86.8 Å². The van der Waals surface area contributed by atoms with E-state index in [0.29, 0.717) is 11.5 Å². The Morgan fingerprint density at radius 3 is 2.73 bits per heavy atom. The molecule has 0 atom stereocenters. The average molecular weight is 203 g/mol. The number of rotatable bonds is 2. The smallest absolute Gasteiger partial charge is 0.141 e. The van der Waals surface area contributed by atoms with Crippen LogP contribution in [0.15, 0.2) is 42.6 Å². The molecule has 0 saturated heterocycles. The Hall–Kier alpha value is -2.10. The van der Waals surface area contributed by atoms with Crippen molar-refractivity contribution < 1.29 is 4.39 Å². The third-order valence-corrected chi connectivity index (χ3v) is 1.89. The zero-order valence-electron chi connectivity index (χ0n) is 7.94. The van der Waals surface area contributed by atoms with Crippen molar-refractivity contribution in [1.29, 1.82) is 0 Å². The third kappa shape index (κ3) is 2.43. The summed E-state index contributed by atoms with van der Waals surface area (Å²) in [5, 5.41) is 3.01. The molecule has 4 heteroatoms. The molecule has 0 radical (unpaired) electrons. The van der Waals surface area contributed by atoms with Gasteiger partial charge < -0.3 is 11.1 Å². The predicted molar refractivity (Wildman–Crippen MR) is 58.3 cm³/mol. The summed E-state index contributed by atoms with van der Waals surface area (Å²) in [4.78, 5) is 3.88. The van der Waals surface area contributed by atoms with Gasteiger partial charge in [0.05, 0.1) is 6.20 Å². The molecule has 0 amide bonds. The number of anilines is 3. The molecule has 0 spiro atoms. The zero-order valence-corrected chi connectivity index (χ0v) is 7.94. The van der Waals surface area contributed by atoms with E-state index in [0.717, 1.165) is 11.9 Å². The van der Waals surface area contributed by atoms with E-state index in [9.17, 15) is 4.39 Å². The van der Waals surface area contributed by atoms with E-state index in [1.165, 1.54) is 6.07 Å². The summed E-state index contributed by atoms with van der Waals surface area (Å²) in [7, 11) is 0. The highest BCUT2D eigenvalue weighted by molar-refractivity contribution is 5.60. The summed E-state index contributed by atoms with van der Waals surface area (Å²) < 4.78 is 12.6. The highest BCUT2D eigenvalue weighted by Crippen LogP contribution is 2.16. The van der Waals surface area contributed by atoms with E-state index in [-0.39, 0.29) is 5.82 Å². The molecule has 0 aliphatic carbocycles. The largest absolute Gasteiger partial charge is 0.399 e. The first-order valence-electron chi connectivity index (χ1n) is 4.48. The number of nitrogens with one attached hydrogen (secondary N) is 1. The number of hydrogen-bond acceptors (Lipinski definition) is 3. The van der Waals surface area contributed by atoms with E-state index in [1.807, 2.05) is 12.1 Å². The molecule has 15 heavy (non-hydrogen) atoms. The molecule has 2 rings (SSSR count). The number of nitrogen functional groups attached to an aromatic ring is 1. The first kappa shape index (κ1) is 9.45. The number of pyridine rings is 1. The normalized spacial score (nSPS) is 9.93. The monoisotopic (exact) mass is 203 g/mol. The minimum Gasteiger partial charge on any atom is -0.399 e. The molecule has 0 bridgehead atoms. The maximum atomic E-state index is 12.6. The fourth-order valence-electron chi connectivity index (χ4n) is 1.21. The highest BCUT2D eigenvalue weighted by atomic mass is 19.1. The SMILES string of the molecule is Nc1cccc(Nc2ccc(F)cn2)c1. The van der Waals surface area contributed by atoms with Crippen LogP contribution in [0.1, 0.15) is 0 Å². The van der Waals surface area contributed by atoms with Gasteiger partial charge in [0.1, 0.15) is 11.6 Å². The fraction of sp³-hybridized carbons (Fsp3) is 0. The standard InChI is InChI=1S/C11H10FN3/c12-8-4-5-11(14-7-8)15-10-3-1-2-9(13)6-10/h1-7H,13H2,(H,14,15). The molecule has 0 fully saturated rings. The molecule has 3 nitrogen and oxygen atoms in total. The Bertz CT molecular complexity index is 454. The van der Waals surface area contributed by atoms with E-state index in [1.54, 1.807) is 18.2 Å². The maximum Gasteiger partial charge on any atom is 0.141 e. The molecule has 1 aromatic heterocycles. The lowest BCUT2D eigenvalue weighted by Crippen LogP contribution is -1.94. The summed E-state index contributed by atoms with van der Waals surface area (Å²) >= 11 is 0. The van der Waals surface area contributed by atoms with Crippen LogP contribution >= 0.6 is 0 Å². The quantitative estimate of drug-likeness (QED) is 0.737. The summed E-state index contributed by atoms with van der Waals surface area (Å²) in [6.07, 6.45) is 1.16. The van der Waals surface area contributed by atoms with E-state index in [2.05, 4.69) is 10.3 Å². The van der Waals surface area contributed by atoms with Crippen molar-refractivity contribution in [3.63, 3.8) is 0 Å². The molecule has 0 saturated carbocycles. The molecule has 76 valence electrons. The van der Waals surface area contributed by atoms with Crippen LogP contribution in [-0.2, 0) is 0 Å². The topological polar surface area (TPSA) is 50.9 Å². The van der Waals surface area contributed by atoms with Gasteiger partial charge in [-0.2, -0.15) is 0 Å². The Kier molecular flexibility index (Phi) is 2.49. The molecular formula is C11H10FN3. The molecular weight excluding hydrogens is 193 g/mol. The number of benzene rings is 1. The van der Waals surface area contributed by atoms with Gasteiger partial charge in [0, 0.05) is 11.4 Å². The Balaban J connectivity index is 2.18. The van der Waals surface area contributed by atoms with Crippen LogP contribution in [0.5, 0.6) is 0 Å². The minimum atomic E-state index is -0.354. The molecule has 0 unspecified atom stereocenters. The van der Waals surface area contributed by atoms with Crippen LogP contribution in [0.3, 0.4) is 0 Å². The van der Waals surface area contributed by atoms with Crippen LogP contribution in [0.4, 0.5) is 21.6 Å². The van der Waals surface area contributed by atoms with Gasteiger partial charge in [-0.15, -0.1) is 0 Å². The zero-order chi connectivity index (χ0) is 10.7. The molecule has 2 aromatic rings. The van der Waals surface area contributed by atoms with E-state index < -0.39 is 0 Å². The van der Waals surface area contributed by atoms with E-state index in [4.69, 9.17) is 5.73 Å². The van der Waals surface area contributed by atoms with Gasteiger partial charge in [0.15, 0.2) is 0 Å². The van der Waals surface area contributed by atoms with Gasteiger partial charge >= 0.3 is 0 Å². The lowest BCUT2D eigenvalue weighted by molar-refractivity contribution is 0.622. The summed E-state index contributed by atoms with van der Waals surface area (Å²) in [6.45, 7) is 0. The average Bonchev–Trinajstić information content (AvgIpc) is 2.22. The van der Waals surface area contributed by atoms with Crippen molar-refractivity contribution in [3.05, 3.63) is 48.4 Å². The van der Waals surface area contributed by atoms with E-state index >= 15 is 0 Å². The maximum absolute atomic E-state index is 12.6. The van der Waals surface area contributed by atoms with Crippen LogP contribution in [-0.4, -0.2) is 4.98 Å². The van der Waals surface area contributed by atoms with Crippen molar-refractivity contribution in [2.75, 3.05) is 11.1 Å². The second kappa shape index (κ2) is 3.96. The van der Waals surface area contributed by atoms with Crippen molar-refractivity contribution in [3.8, 4) is 0 Å². The first-order chi connectivity index (χ1) is 7.24. The van der Waals surface area contributed by atoms with Gasteiger partial charge in [-0.25, -0.2) is 9.37 Å². The predicted octanol–water partition coefficient (Wildman–Crippen LogP) is 2.55. The first-order valence-corrected chi connectivity index (χ1v) is 4.48. The molecule has 0 aliphatic rings. The number of nitrogens with two attached hydrogens (primary N) is 1. The van der Waals surface area contributed by atoms with Gasteiger partial charge in [0.25, 0.3) is 0 Å². The lowest BCUT2D eigenvalue weighted by Gasteiger charge is -2.05. The highest BCUT2D eigenvalue weighted by Gasteiger charge is 1.96. The molecule has 0 aliphatic heterocycles. The minimum absolute atomic E-state index is 0.354. The van der Waals surface area contributed by atoms with Gasteiger partial charge in [-0.05, 0) is 30.3 Å². The van der Waals surface area contributed by atoms with Gasteiger partial charge in [-0.1, -0.05) is 6.07 Å². The van der Waals surface area contributed by atoms with Crippen LogP contribution in [0.2, 0.25) is 0 Å². The Morgan fingerprint density at radius 2 is 2.07 bits per heavy atom. The van der Waals surface area contributed by atoms with Crippen molar-refractivity contribution >= 4 is 17.2 Å². The number of halogens is 1. The van der Waals surface area contributed by atoms with Crippen molar-refractivity contribution in [2.24, 2.45) is 0 Å². The molecule has 1 heterocycles. The van der Waals surface area contributed by atoms with Crippen molar-refractivity contribution in [2.45, 2.75) is 0 Å². The second-order valence-corrected chi connectivity index (χ2v) is 3.11. The van der Waals surface area contributed by atoms with Crippen LogP contribution in [0, 0.1) is 5.82 Å². The summed E-state index contributed by atoms with van der Waals surface area (Å²) in [5.41, 5.74) is 7.11. The molecule has 1 aromatic carbocycles. The van der Waals surface area contributed by atoms with Gasteiger partial charge in [0.2, 0.25) is 0 Å². The van der Waals surface area contributed by atoms with Gasteiger partial charge in [-0.3, -0.25) is 0 Å². The number of aromatic nitrogens is 1. The van der Waals surface area contributed by atoms with Crippen LogP contribution in [0.25, 0.3) is 0 Å². The molecule has 3 N–H and O–H groups in total. The Morgan fingerprint density at radius 1 is 1.20 bits per heavy atom. The third-order valence-electron chi connectivity index (χ3n) is 1.89. The van der Waals surface area contributed by atoms with Crippen molar-refractivity contribution in [1.82, 2.24) is 4.98 Å².